The molecule has 6 nitrogen and oxygen atoms in total. The van der Waals surface area contributed by atoms with E-state index in [1.165, 1.54) is 5.56 Å². The van der Waals surface area contributed by atoms with E-state index in [0.29, 0.717) is 12.5 Å². The van der Waals surface area contributed by atoms with Crippen LogP contribution in [0.4, 0.5) is 0 Å². The Morgan fingerprint density at radius 1 is 1.26 bits per heavy atom. The number of likely N-dealkylation sites (tertiary alicyclic amines) is 1. The van der Waals surface area contributed by atoms with E-state index in [1.807, 2.05) is 37.5 Å². The van der Waals surface area contributed by atoms with Crippen LogP contribution in [0.5, 0.6) is 0 Å². The Bertz CT molecular complexity index is 710. The molecule has 0 aromatic carbocycles. The average molecular weight is 371 g/mol. The van der Waals surface area contributed by atoms with Crippen LogP contribution >= 0.6 is 0 Å². The summed E-state index contributed by atoms with van der Waals surface area (Å²) < 4.78 is 17.4. The fraction of sp³-hybridized carbons (Fsp3) is 0.619. The molecule has 0 bridgehead atoms. The lowest BCUT2D eigenvalue weighted by Crippen LogP contribution is -2.47. The number of piperidine rings is 1. The maximum Gasteiger partial charge on any atom is 0.133 e. The zero-order valence-electron chi connectivity index (χ0n) is 16.1. The Labute approximate surface area is 160 Å². The fourth-order valence-corrected chi connectivity index (χ4v) is 4.45. The topological polar surface area (TPSA) is 60.6 Å². The number of aromatic nitrogens is 2. The lowest BCUT2D eigenvalue weighted by molar-refractivity contribution is -0.0735. The Kier molecular flexibility index (Phi) is 5.86. The standard InChI is InChI=1S/C21H29N3O3/c1-17-14-20(23-27-17)15-24-10-6-21(7-11-24)19(5-13-26-21)4-12-25-16-18-2-8-22-9-3-18/h2-3,8-9,14,19H,4-7,10-13,15-16H2,1H3. The van der Waals surface area contributed by atoms with E-state index in [0.717, 1.165) is 70.0 Å². The van der Waals surface area contributed by atoms with Crippen molar-refractivity contribution in [1.29, 1.82) is 0 Å². The number of nitrogens with zero attached hydrogens (tertiary/aromatic N) is 3. The summed E-state index contributed by atoms with van der Waals surface area (Å²) in [5.74, 6) is 1.48. The Morgan fingerprint density at radius 3 is 2.81 bits per heavy atom. The molecular weight excluding hydrogens is 342 g/mol. The third-order valence-corrected chi connectivity index (χ3v) is 5.99. The van der Waals surface area contributed by atoms with Gasteiger partial charge in [-0.1, -0.05) is 5.16 Å². The Balaban J connectivity index is 1.23. The van der Waals surface area contributed by atoms with Crippen molar-refractivity contribution in [1.82, 2.24) is 15.0 Å². The number of hydrogen-bond donors (Lipinski definition) is 0. The van der Waals surface area contributed by atoms with Crippen LogP contribution in [0.25, 0.3) is 0 Å². The summed E-state index contributed by atoms with van der Waals surface area (Å²) in [6.07, 6.45) is 8.05. The molecular formula is C21H29N3O3. The van der Waals surface area contributed by atoms with Gasteiger partial charge in [0.15, 0.2) is 0 Å². The molecule has 1 atom stereocenters. The monoisotopic (exact) mass is 371 g/mol. The van der Waals surface area contributed by atoms with Crippen LogP contribution in [-0.4, -0.2) is 46.9 Å². The van der Waals surface area contributed by atoms with Gasteiger partial charge in [0.25, 0.3) is 0 Å². The van der Waals surface area contributed by atoms with Gasteiger partial charge in [-0.25, -0.2) is 0 Å². The predicted octanol–water partition coefficient (Wildman–Crippen LogP) is 3.36. The Hall–Kier alpha value is -1.76. The van der Waals surface area contributed by atoms with Crippen LogP contribution in [0.1, 0.15) is 42.7 Å². The minimum atomic E-state index is 0.0519. The number of ether oxygens (including phenoxy) is 2. The van der Waals surface area contributed by atoms with Crippen molar-refractivity contribution in [2.24, 2.45) is 5.92 Å². The second-order valence-corrected chi connectivity index (χ2v) is 7.80. The van der Waals surface area contributed by atoms with Crippen LogP contribution in [-0.2, 0) is 22.6 Å². The molecule has 146 valence electrons. The highest BCUT2D eigenvalue weighted by molar-refractivity contribution is 5.08. The molecule has 2 aromatic rings. The van der Waals surface area contributed by atoms with Crippen LogP contribution in [0.2, 0.25) is 0 Å². The lowest BCUT2D eigenvalue weighted by atomic mass is 9.78. The summed E-state index contributed by atoms with van der Waals surface area (Å²) in [5, 5.41) is 4.12. The normalized spacial score (nSPS) is 22.5. The van der Waals surface area contributed by atoms with Gasteiger partial charge in [0.05, 0.1) is 17.9 Å². The minimum Gasteiger partial charge on any atom is -0.377 e. The predicted molar refractivity (Wildman–Crippen MR) is 101 cm³/mol. The average Bonchev–Trinajstić information content (AvgIpc) is 3.28. The molecule has 2 aliphatic heterocycles. The quantitative estimate of drug-likeness (QED) is 0.696. The second kappa shape index (κ2) is 8.50. The van der Waals surface area contributed by atoms with E-state index in [-0.39, 0.29) is 5.60 Å². The van der Waals surface area contributed by atoms with Crippen molar-refractivity contribution < 1.29 is 14.0 Å². The molecule has 4 rings (SSSR count). The van der Waals surface area contributed by atoms with Gasteiger partial charge in [0, 0.05) is 51.3 Å². The van der Waals surface area contributed by atoms with E-state index < -0.39 is 0 Å². The van der Waals surface area contributed by atoms with Crippen LogP contribution in [0.3, 0.4) is 0 Å². The van der Waals surface area contributed by atoms with Gasteiger partial charge in [-0.3, -0.25) is 9.88 Å². The van der Waals surface area contributed by atoms with Crippen LogP contribution in [0, 0.1) is 12.8 Å². The van der Waals surface area contributed by atoms with E-state index in [1.54, 1.807) is 0 Å². The molecule has 1 unspecified atom stereocenters. The first-order chi connectivity index (χ1) is 13.2. The maximum absolute atomic E-state index is 6.29. The van der Waals surface area contributed by atoms with Crippen LogP contribution in [0.15, 0.2) is 35.1 Å². The van der Waals surface area contributed by atoms with Crippen molar-refractivity contribution in [2.75, 3.05) is 26.3 Å². The maximum atomic E-state index is 6.29. The summed E-state index contributed by atoms with van der Waals surface area (Å²) in [6.45, 7) is 7.26. The molecule has 0 saturated carbocycles. The molecule has 0 N–H and O–H groups in total. The molecule has 1 spiro atoms. The molecule has 2 aliphatic rings. The zero-order chi connectivity index (χ0) is 18.5. The SMILES string of the molecule is Cc1cc(CN2CCC3(CC2)OCCC3CCOCc2ccncc2)no1. The highest BCUT2D eigenvalue weighted by Gasteiger charge is 2.45. The molecule has 0 radical (unpaired) electrons. The smallest absolute Gasteiger partial charge is 0.133 e. The minimum absolute atomic E-state index is 0.0519. The summed E-state index contributed by atoms with van der Waals surface area (Å²) in [5.41, 5.74) is 2.26. The van der Waals surface area contributed by atoms with Gasteiger partial charge in [-0.2, -0.15) is 0 Å². The van der Waals surface area contributed by atoms with Crippen molar-refractivity contribution in [2.45, 2.75) is 51.4 Å². The highest BCUT2D eigenvalue weighted by atomic mass is 16.5. The highest BCUT2D eigenvalue weighted by Crippen LogP contribution is 2.42. The van der Waals surface area contributed by atoms with Crippen molar-refractivity contribution in [3.63, 3.8) is 0 Å². The lowest BCUT2D eigenvalue weighted by Gasteiger charge is -2.42. The van der Waals surface area contributed by atoms with Crippen molar-refractivity contribution >= 4 is 0 Å². The molecule has 27 heavy (non-hydrogen) atoms. The van der Waals surface area contributed by atoms with E-state index >= 15 is 0 Å². The zero-order valence-corrected chi connectivity index (χ0v) is 16.1. The first-order valence-corrected chi connectivity index (χ1v) is 9.99. The molecule has 0 aliphatic carbocycles. The molecule has 2 saturated heterocycles. The van der Waals surface area contributed by atoms with Gasteiger partial charge in [-0.15, -0.1) is 0 Å². The first kappa shape index (κ1) is 18.6. The molecule has 0 amide bonds. The van der Waals surface area contributed by atoms with Gasteiger partial charge in [0.2, 0.25) is 0 Å². The van der Waals surface area contributed by atoms with Gasteiger partial charge in [0.1, 0.15) is 5.76 Å². The first-order valence-electron chi connectivity index (χ1n) is 9.99. The third kappa shape index (κ3) is 4.57. The Morgan fingerprint density at radius 2 is 2.07 bits per heavy atom. The van der Waals surface area contributed by atoms with E-state index in [4.69, 9.17) is 14.0 Å². The van der Waals surface area contributed by atoms with E-state index in [2.05, 4.69) is 15.0 Å². The summed E-state index contributed by atoms with van der Waals surface area (Å²) in [4.78, 5) is 6.50. The molecule has 4 heterocycles. The van der Waals surface area contributed by atoms with Crippen molar-refractivity contribution in [3.05, 3.63) is 47.6 Å². The van der Waals surface area contributed by atoms with Crippen LogP contribution < -0.4 is 0 Å². The van der Waals surface area contributed by atoms with Gasteiger partial charge < -0.3 is 14.0 Å². The second-order valence-electron chi connectivity index (χ2n) is 7.80. The van der Waals surface area contributed by atoms with Gasteiger partial charge in [-0.05, 0) is 56.2 Å². The molecule has 2 aromatic heterocycles. The number of rotatable bonds is 7. The summed E-state index contributed by atoms with van der Waals surface area (Å²) in [7, 11) is 0. The van der Waals surface area contributed by atoms with Crippen molar-refractivity contribution in [3.8, 4) is 0 Å². The summed E-state index contributed by atoms with van der Waals surface area (Å²) in [6, 6.07) is 6.04. The van der Waals surface area contributed by atoms with E-state index in [9.17, 15) is 0 Å². The third-order valence-electron chi connectivity index (χ3n) is 5.99. The molecule has 2 fully saturated rings. The van der Waals surface area contributed by atoms with Gasteiger partial charge >= 0.3 is 0 Å². The summed E-state index contributed by atoms with van der Waals surface area (Å²) >= 11 is 0. The number of pyridine rings is 1. The number of aryl methyl sites for hydroxylation is 1. The largest absolute Gasteiger partial charge is 0.377 e. The number of hydrogen-bond acceptors (Lipinski definition) is 6. The fourth-order valence-electron chi connectivity index (χ4n) is 4.45. The molecule has 6 heteroatoms.